The molecule has 0 bridgehead atoms. The molecule has 2 aromatic rings. The van der Waals surface area contributed by atoms with Crippen LogP contribution in [0.25, 0.3) is 0 Å². The van der Waals surface area contributed by atoms with Crippen molar-refractivity contribution < 1.29 is 4.79 Å². The molecule has 0 radical (unpaired) electrons. The van der Waals surface area contributed by atoms with E-state index in [0.717, 1.165) is 30.6 Å². The first-order valence-corrected chi connectivity index (χ1v) is 8.61. The third kappa shape index (κ3) is 5.53. The first-order valence-electron chi connectivity index (χ1n) is 8.61. The Bertz CT molecular complexity index is 697. The number of aryl methyl sites for hydroxylation is 2. The van der Waals surface area contributed by atoms with E-state index < -0.39 is 0 Å². The van der Waals surface area contributed by atoms with Gasteiger partial charge in [0, 0.05) is 12.2 Å². The van der Waals surface area contributed by atoms with E-state index in [1.54, 1.807) is 6.20 Å². The number of carbonyl (C=O) groups excluding carboxylic acids is 1. The van der Waals surface area contributed by atoms with Crippen LogP contribution in [0.4, 0.5) is 11.5 Å². The lowest BCUT2D eigenvalue weighted by Crippen LogP contribution is -2.27. The van der Waals surface area contributed by atoms with Gasteiger partial charge in [-0.15, -0.1) is 0 Å². The van der Waals surface area contributed by atoms with Gasteiger partial charge < -0.3 is 15.5 Å². The number of carbonyl (C=O) groups is 1. The summed E-state index contributed by atoms with van der Waals surface area (Å²) in [6.07, 6.45) is 4.94. The standard InChI is InChI=1S/C19H27N5O/c1-5-15-9-6-8-14(2)18(15)23-17-13-21-16(12-22-17)19(25)20-10-7-11-24(3)4/h6,8-9,12-13H,5,7,10-11H2,1-4H3,(H,20,25)(H,22,23). The number of hydrogen-bond donors (Lipinski definition) is 2. The fourth-order valence-corrected chi connectivity index (χ4v) is 2.53. The number of anilines is 2. The number of amides is 1. The van der Waals surface area contributed by atoms with E-state index >= 15 is 0 Å². The van der Waals surface area contributed by atoms with Crippen LogP contribution in [0.5, 0.6) is 0 Å². The van der Waals surface area contributed by atoms with Crippen LogP contribution in [0.15, 0.2) is 30.6 Å². The van der Waals surface area contributed by atoms with Gasteiger partial charge in [-0.25, -0.2) is 9.97 Å². The lowest BCUT2D eigenvalue weighted by Gasteiger charge is -2.13. The Morgan fingerprint density at radius 1 is 1.20 bits per heavy atom. The van der Waals surface area contributed by atoms with E-state index in [9.17, 15) is 4.79 Å². The number of benzene rings is 1. The van der Waals surface area contributed by atoms with Crippen molar-refractivity contribution in [3.8, 4) is 0 Å². The van der Waals surface area contributed by atoms with Gasteiger partial charge in [-0.3, -0.25) is 4.79 Å². The molecule has 1 aromatic carbocycles. The Kier molecular flexibility index (Phi) is 6.89. The third-order valence-electron chi connectivity index (χ3n) is 3.95. The molecule has 0 unspecified atom stereocenters. The van der Waals surface area contributed by atoms with Crippen LogP contribution in [0.2, 0.25) is 0 Å². The van der Waals surface area contributed by atoms with Gasteiger partial charge in [-0.05, 0) is 51.5 Å². The molecule has 6 nitrogen and oxygen atoms in total. The Labute approximate surface area is 149 Å². The van der Waals surface area contributed by atoms with Crippen molar-refractivity contribution in [1.82, 2.24) is 20.2 Å². The van der Waals surface area contributed by atoms with E-state index in [1.807, 2.05) is 14.1 Å². The minimum Gasteiger partial charge on any atom is -0.351 e. The van der Waals surface area contributed by atoms with Crippen LogP contribution < -0.4 is 10.6 Å². The predicted octanol–water partition coefficient (Wildman–Crippen LogP) is 2.77. The maximum Gasteiger partial charge on any atom is 0.271 e. The maximum atomic E-state index is 12.1. The molecule has 2 N–H and O–H groups in total. The van der Waals surface area contributed by atoms with E-state index in [2.05, 4.69) is 57.5 Å². The summed E-state index contributed by atoms with van der Waals surface area (Å²) in [4.78, 5) is 22.7. The highest BCUT2D eigenvalue weighted by Gasteiger charge is 2.09. The molecule has 0 spiro atoms. The molecule has 0 aliphatic rings. The quantitative estimate of drug-likeness (QED) is 0.723. The molecular weight excluding hydrogens is 314 g/mol. The molecule has 0 aliphatic heterocycles. The zero-order chi connectivity index (χ0) is 18.2. The van der Waals surface area contributed by atoms with E-state index in [4.69, 9.17) is 0 Å². The summed E-state index contributed by atoms with van der Waals surface area (Å²) in [5.41, 5.74) is 3.77. The average molecular weight is 341 g/mol. The van der Waals surface area contributed by atoms with Crippen molar-refractivity contribution in [3.63, 3.8) is 0 Å². The molecule has 1 amide bonds. The topological polar surface area (TPSA) is 70.2 Å². The maximum absolute atomic E-state index is 12.1. The normalized spacial score (nSPS) is 10.8. The van der Waals surface area contributed by atoms with Gasteiger partial charge in [0.2, 0.25) is 0 Å². The smallest absolute Gasteiger partial charge is 0.271 e. The zero-order valence-electron chi connectivity index (χ0n) is 15.5. The van der Waals surface area contributed by atoms with Gasteiger partial charge in [0.15, 0.2) is 0 Å². The number of para-hydroxylation sites is 1. The van der Waals surface area contributed by atoms with Crippen molar-refractivity contribution in [3.05, 3.63) is 47.4 Å². The highest BCUT2D eigenvalue weighted by Crippen LogP contribution is 2.24. The Balaban J connectivity index is 1.97. The molecule has 0 saturated carbocycles. The van der Waals surface area contributed by atoms with Crippen molar-refractivity contribution >= 4 is 17.4 Å². The van der Waals surface area contributed by atoms with Gasteiger partial charge in [0.05, 0.1) is 12.4 Å². The molecule has 6 heteroatoms. The third-order valence-corrected chi connectivity index (χ3v) is 3.95. The van der Waals surface area contributed by atoms with Crippen LogP contribution in [0, 0.1) is 6.92 Å². The van der Waals surface area contributed by atoms with Crippen LogP contribution in [0.3, 0.4) is 0 Å². The highest BCUT2D eigenvalue weighted by molar-refractivity contribution is 5.92. The minimum absolute atomic E-state index is 0.192. The van der Waals surface area contributed by atoms with Gasteiger partial charge in [-0.2, -0.15) is 0 Å². The minimum atomic E-state index is -0.192. The van der Waals surface area contributed by atoms with Crippen molar-refractivity contribution in [2.75, 3.05) is 32.5 Å². The second kappa shape index (κ2) is 9.13. The second-order valence-electron chi connectivity index (χ2n) is 6.29. The van der Waals surface area contributed by atoms with Crippen LogP contribution in [-0.2, 0) is 6.42 Å². The average Bonchev–Trinajstić information content (AvgIpc) is 2.60. The summed E-state index contributed by atoms with van der Waals surface area (Å²) in [5.74, 6) is 0.441. The molecule has 134 valence electrons. The van der Waals surface area contributed by atoms with Gasteiger partial charge in [-0.1, -0.05) is 25.1 Å². The molecule has 2 rings (SSSR count). The number of nitrogens with one attached hydrogen (secondary N) is 2. The fourth-order valence-electron chi connectivity index (χ4n) is 2.53. The van der Waals surface area contributed by atoms with E-state index in [0.29, 0.717) is 18.1 Å². The first-order chi connectivity index (χ1) is 12.0. The van der Waals surface area contributed by atoms with E-state index in [1.165, 1.54) is 11.8 Å². The summed E-state index contributed by atoms with van der Waals surface area (Å²) >= 11 is 0. The molecule has 0 saturated heterocycles. The predicted molar refractivity (Wildman–Crippen MR) is 101 cm³/mol. The zero-order valence-corrected chi connectivity index (χ0v) is 15.5. The fraction of sp³-hybridized carbons (Fsp3) is 0.421. The molecule has 1 heterocycles. The molecular formula is C19H27N5O. The summed E-state index contributed by atoms with van der Waals surface area (Å²) in [6.45, 7) is 5.74. The summed E-state index contributed by atoms with van der Waals surface area (Å²) in [5, 5.41) is 6.17. The second-order valence-corrected chi connectivity index (χ2v) is 6.29. The number of nitrogens with zero attached hydrogens (tertiary/aromatic N) is 3. The van der Waals surface area contributed by atoms with Crippen LogP contribution >= 0.6 is 0 Å². The van der Waals surface area contributed by atoms with Crippen LogP contribution in [0.1, 0.15) is 35.0 Å². The molecule has 0 atom stereocenters. The summed E-state index contributed by atoms with van der Waals surface area (Å²) in [6, 6.07) is 6.21. The van der Waals surface area contributed by atoms with Gasteiger partial charge in [0.1, 0.15) is 11.5 Å². The van der Waals surface area contributed by atoms with E-state index in [-0.39, 0.29) is 5.91 Å². The Hall–Kier alpha value is -2.47. The largest absolute Gasteiger partial charge is 0.351 e. The molecule has 25 heavy (non-hydrogen) atoms. The molecule has 0 aliphatic carbocycles. The Morgan fingerprint density at radius 2 is 2.00 bits per heavy atom. The SMILES string of the molecule is CCc1cccc(C)c1Nc1cnc(C(=O)NCCCN(C)C)cn1. The highest BCUT2D eigenvalue weighted by atomic mass is 16.1. The number of hydrogen-bond acceptors (Lipinski definition) is 5. The number of rotatable bonds is 8. The van der Waals surface area contributed by atoms with Crippen molar-refractivity contribution in [2.45, 2.75) is 26.7 Å². The van der Waals surface area contributed by atoms with Crippen molar-refractivity contribution in [1.29, 1.82) is 0 Å². The van der Waals surface area contributed by atoms with Gasteiger partial charge in [0.25, 0.3) is 5.91 Å². The monoisotopic (exact) mass is 341 g/mol. The lowest BCUT2D eigenvalue weighted by molar-refractivity contribution is 0.0947. The first kappa shape index (κ1) is 18.9. The number of aromatic nitrogens is 2. The van der Waals surface area contributed by atoms with Crippen LogP contribution in [-0.4, -0.2) is 48.0 Å². The summed E-state index contributed by atoms with van der Waals surface area (Å²) < 4.78 is 0. The lowest BCUT2D eigenvalue weighted by atomic mass is 10.1. The molecule has 1 aromatic heterocycles. The van der Waals surface area contributed by atoms with Crippen molar-refractivity contribution in [2.24, 2.45) is 0 Å². The summed E-state index contributed by atoms with van der Waals surface area (Å²) in [7, 11) is 4.02. The van der Waals surface area contributed by atoms with Gasteiger partial charge >= 0.3 is 0 Å². The Morgan fingerprint density at radius 3 is 2.64 bits per heavy atom. The molecule has 0 fully saturated rings.